The van der Waals surface area contributed by atoms with Crippen molar-refractivity contribution in [1.82, 2.24) is 4.57 Å². The maximum Gasteiger partial charge on any atom is 0.416 e. The molecule has 0 aliphatic rings. The fraction of sp³-hybridized carbons (Fsp3) is 0.167. The Balaban J connectivity index is 1.81. The molecule has 0 fully saturated rings. The van der Waals surface area contributed by atoms with Gasteiger partial charge in [0.1, 0.15) is 0 Å². The first-order valence-corrected chi connectivity index (χ1v) is 9.30. The van der Waals surface area contributed by atoms with Crippen molar-refractivity contribution in [2.75, 3.05) is 0 Å². The average Bonchev–Trinajstić information content (AvgIpc) is 3.06. The maximum atomic E-state index is 12.9. The van der Waals surface area contributed by atoms with Crippen LogP contribution in [0.3, 0.4) is 0 Å². The van der Waals surface area contributed by atoms with Gasteiger partial charge >= 0.3 is 6.18 Å². The van der Waals surface area contributed by atoms with Gasteiger partial charge in [0.25, 0.3) is 0 Å². The van der Waals surface area contributed by atoms with Crippen LogP contribution in [0.2, 0.25) is 0 Å². The van der Waals surface area contributed by atoms with Crippen molar-refractivity contribution < 1.29 is 13.2 Å². The predicted octanol–water partition coefficient (Wildman–Crippen LogP) is 6.94. The van der Waals surface area contributed by atoms with Gasteiger partial charge in [-0.1, -0.05) is 61.5 Å². The van der Waals surface area contributed by atoms with Crippen LogP contribution in [-0.4, -0.2) is 4.57 Å². The third-order valence-electron chi connectivity index (χ3n) is 5.10. The summed E-state index contributed by atoms with van der Waals surface area (Å²) in [6.45, 7) is 2.89. The molecule has 4 aromatic rings. The number of aryl methyl sites for hydroxylation is 1. The van der Waals surface area contributed by atoms with Gasteiger partial charge in [0.2, 0.25) is 0 Å². The van der Waals surface area contributed by atoms with Crippen molar-refractivity contribution in [1.29, 1.82) is 0 Å². The lowest BCUT2D eigenvalue weighted by atomic mass is 10.00. The SMILES string of the molecule is CCc1cc2c(-c3ccc(C(F)(F)F)cc3)cccc2n1Cc1ccccc1. The van der Waals surface area contributed by atoms with E-state index in [0.29, 0.717) is 0 Å². The molecule has 0 radical (unpaired) electrons. The first kappa shape index (κ1) is 18.4. The van der Waals surface area contributed by atoms with Crippen molar-refractivity contribution in [3.63, 3.8) is 0 Å². The molecular weight excluding hydrogens is 359 g/mol. The molecule has 0 amide bonds. The topological polar surface area (TPSA) is 4.93 Å². The largest absolute Gasteiger partial charge is 0.416 e. The number of fused-ring (bicyclic) bond motifs is 1. The molecular formula is C24H20F3N. The maximum absolute atomic E-state index is 12.9. The van der Waals surface area contributed by atoms with E-state index < -0.39 is 11.7 Å². The van der Waals surface area contributed by atoms with E-state index in [-0.39, 0.29) is 0 Å². The van der Waals surface area contributed by atoms with Gasteiger partial charge in [-0.05, 0) is 47.4 Å². The fourth-order valence-electron chi connectivity index (χ4n) is 3.68. The van der Waals surface area contributed by atoms with E-state index in [1.165, 1.54) is 11.3 Å². The number of halogens is 3. The smallest absolute Gasteiger partial charge is 0.340 e. The van der Waals surface area contributed by atoms with Crippen LogP contribution >= 0.6 is 0 Å². The second kappa shape index (κ2) is 7.19. The summed E-state index contributed by atoms with van der Waals surface area (Å²) in [5.74, 6) is 0. The van der Waals surface area contributed by atoms with Crippen LogP contribution in [-0.2, 0) is 19.1 Å². The zero-order chi connectivity index (χ0) is 19.7. The van der Waals surface area contributed by atoms with Crippen molar-refractivity contribution in [2.24, 2.45) is 0 Å². The molecule has 0 spiro atoms. The Kier molecular flexibility index (Phi) is 4.71. The molecule has 1 aromatic heterocycles. The molecule has 0 aliphatic carbocycles. The molecule has 0 N–H and O–H groups in total. The van der Waals surface area contributed by atoms with Crippen molar-refractivity contribution >= 4 is 10.9 Å². The number of benzene rings is 3. The van der Waals surface area contributed by atoms with Gasteiger partial charge in [-0.3, -0.25) is 0 Å². The van der Waals surface area contributed by atoms with Crippen LogP contribution in [0.5, 0.6) is 0 Å². The third-order valence-corrected chi connectivity index (χ3v) is 5.10. The molecule has 3 aromatic carbocycles. The highest BCUT2D eigenvalue weighted by Gasteiger charge is 2.30. The minimum Gasteiger partial charge on any atom is -0.340 e. The molecule has 0 saturated carbocycles. The zero-order valence-electron chi connectivity index (χ0n) is 15.5. The summed E-state index contributed by atoms with van der Waals surface area (Å²) in [6.07, 6.45) is -3.44. The minimum atomic E-state index is -4.32. The molecule has 28 heavy (non-hydrogen) atoms. The highest BCUT2D eigenvalue weighted by Crippen LogP contribution is 2.34. The first-order chi connectivity index (χ1) is 13.5. The summed E-state index contributed by atoms with van der Waals surface area (Å²) in [6, 6.07) is 23.8. The molecule has 1 nitrogen and oxygen atoms in total. The van der Waals surface area contributed by atoms with E-state index in [1.54, 1.807) is 12.1 Å². The van der Waals surface area contributed by atoms with Gasteiger partial charge in [0.15, 0.2) is 0 Å². The Hall–Kier alpha value is -3.01. The van der Waals surface area contributed by atoms with Gasteiger partial charge in [-0.25, -0.2) is 0 Å². The Morgan fingerprint density at radius 1 is 0.821 bits per heavy atom. The molecule has 0 atom stereocenters. The molecule has 4 rings (SSSR count). The lowest BCUT2D eigenvalue weighted by molar-refractivity contribution is -0.137. The predicted molar refractivity (Wildman–Crippen MR) is 107 cm³/mol. The van der Waals surface area contributed by atoms with Crippen molar-refractivity contribution in [3.05, 3.63) is 95.7 Å². The normalized spacial score (nSPS) is 11.9. The summed E-state index contributed by atoms with van der Waals surface area (Å²) >= 11 is 0. The van der Waals surface area contributed by atoms with Crippen LogP contribution in [0.1, 0.15) is 23.7 Å². The van der Waals surface area contributed by atoms with E-state index in [2.05, 4.69) is 35.8 Å². The second-order valence-electron chi connectivity index (χ2n) is 6.87. The number of nitrogens with zero attached hydrogens (tertiary/aromatic N) is 1. The standard InChI is InChI=1S/C24H20F3N/c1-2-20-15-22-21(18-11-13-19(14-12-18)24(25,26)27)9-6-10-23(22)28(20)16-17-7-4-3-5-8-17/h3-15H,2,16H2,1H3. The van der Waals surface area contributed by atoms with E-state index >= 15 is 0 Å². The third kappa shape index (κ3) is 3.42. The van der Waals surface area contributed by atoms with Gasteiger partial charge in [-0.15, -0.1) is 0 Å². The molecule has 0 unspecified atom stereocenters. The summed E-state index contributed by atoms with van der Waals surface area (Å²) in [4.78, 5) is 0. The van der Waals surface area contributed by atoms with Crippen molar-refractivity contribution in [2.45, 2.75) is 26.1 Å². The molecule has 0 bridgehead atoms. The van der Waals surface area contributed by atoms with E-state index in [4.69, 9.17) is 0 Å². The number of rotatable bonds is 4. The highest BCUT2D eigenvalue weighted by atomic mass is 19.4. The monoisotopic (exact) mass is 379 g/mol. The first-order valence-electron chi connectivity index (χ1n) is 9.30. The van der Waals surface area contributed by atoms with Gasteiger partial charge < -0.3 is 4.57 Å². The van der Waals surface area contributed by atoms with Crippen LogP contribution in [0.4, 0.5) is 13.2 Å². The van der Waals surface area contributed by atoms with Gasteiger partial charge in [0.05, 0.1) is 5.56 Å². The summed E-state index contributed by atoms with van der Waals surface area (Å²) < 4.78 is 40.9. The molecule has 0 saturated heterocycles. The quantitative estimate of drug-likeness (QED) is 0.362. The molecule has 142 valence electrons. The van der Waals surface area contributed by atoms with E-state index in [9.17, 15) is 13.2 Å². The average molecular weight is 379 g/mol. The summed E-state index contributed by atoms with van der Waals surface area (Å²) in [7, 11) is 0. The molecule has 1 heterocycles. The summed E-state index contributed by atoms with van der Waals surface area (Å²) in [5, 5.41) is 1.06. The highest BCUT2D eigenvalue weighted by molar-refractivity contribution is 5.96. The Labute approximate surface area is 162 Å². The molecule has 4 heteroatoms. The molecule has 0 aliphatic heterocycles. The van der Waals surface area contributed by atoms with Crippen LogP contribution in [0, 0.1) is 0 Å². The van der Waals surface area contributed by atoms with E-state index in [1.807, 2.05) is 30.3 Å². The van der Waals surface area contributed by atoms with Gasteiger partial charge in [0, 0.05) is 23.1 Å². The number of hydrogen-bond acceptors (Lipinski definition) is 0. The van der Waals surface area contributed by atoms with Crippen LogP contribution in [0.25, 0.3) is 22.0 Å². The summed E-state index contributed by atoms with van der Waals surface area (Å²) in [5.41, 5.74) is 4.64. The number of hydrogen-bond donors (Lipinski definition) is 0. The van der Waals surface area contributed by atoms with Crippen LogP contribution < -0.4 is 0 Å². The zero-order valence-corrected chi connectivity index (χ0v) is 15.5. The van der Waals surface area contributed by atoms with Gasteiger partial charge in [-0.2, -0.15) is 13.2 Å². The lowest BCUT2D eigenvalue weighted by Gasteiger charge is -2.11. The number of aromatic nitrogens is 1. The van der Waals surface area contributed by atoms with Crippen molar-refractivity contribution in [3.8, 4) is 11.1 Å². The Bertz CT molecular complexity index is 1090. The van der Waals surface area contributed by atoms with E-state index in [0.717, 1.165) is 47.1 Å². The fourth-order valence-corrected chi connectivity index (χ4v) is 3.68. The Morgan fingerprint density at radius 3 is 2.18 bits per heavy atom. The van der Waals surface area contributed by atoms with Crippen LogP contribution in [0.15, 0.2) is 78.9 Å². The second-order valence-corrected chi connectivity index (χ2v) is 6.87. The minimum absolute atomic E-state index is 0.626. The lowest BCUT2D eigenvalue weighted by Crippen LogP contribution is -2.04. The number of alkyl halides is 3. The Morgan fingerprint density at radius 2 is 1.54 bits per heavy atom.